The fraction of sp³-hybridized carbons (Fsp3) is 0.625. The van der Waals surface area contributed by atoms with Crippen molar-refractivity contribution in [2.24, 2.45) is 0 Å². The number of para-hydroxylation sites is 1. The highest BCUT2D eigenvalue weighted by Gasteiger charge is 2.31. The highest BCUT2D eigenvalue weighted by atomic mass is 32.2. The second-order valence-corrected chi connectivity index (χ2v) is 8.02. The SMILES string of the molecule is CC(CCNCc1cccc2c1OC(C)(C)C2)S(C)=O. The van der Waals surface area contributed by atoms with Crippen molar-refractivity contribution in [1.29, 1.82) is 0 Å². The molecule has 0 saturated heterocycles. The van der Waals surface area contributed by atoms with Crippen molar-refractivity contribution in [3.63, 3.8) is 0 Å². The summed E-state index contributed by atoms with van der Waals surface area (Å²) in [5, 5.41) is 3.68. The number of hydrogen-bond acceptors (Lipinski definition) is 3. The molecule has 0 fully saturated rings. The summed E-state index contributed by atoms with van der Waals surface area (Å²) in [7, 11) is -0.733. The van der Waals surface area contributed by atoms with E-state index in [-0.39, 0.29) is 10.9 Å². The molecule has 1 aliphatic heterocycles. The van der Waals surface area contributed by atoms with Gasteiger partial charge in [0.25, 0.3) is 0 Å². The Hall–Kier alpha value is -0.870. The number of nitrogens with one attached hydrogen (secondary N) is 1. The zero-order chi connectivity index (χ0) is 14.8. The Bertz CT molecular complexity index is 499. The Morgan fingerprint density at radius 2 is 2.20 bits per heavy atom. The third-order valence-corrected chi connectivity index (χ3v) is 5.15. The Balaban J connectivity index is 1.89. The average molecular weight is 295 g/mol. The molecule has 0 aliphatic carbocycles. The van der Waals surface area contributed by atoms with E-state index in [2.05, 4.69) is 37.4 Å². The Labute approximate surface area is 124 Å². The van der Waals surface area contributed by atoms with E-state index in [1.165, 1.54) is 11.1 Å². The summed E-state index contributed by atoms with van der Waals surface area (Å²) in [6.45, 7) is 7.98. The summed E-state index contributed by atoms with van der Waals surface area (Å²) in [6, 6.07) is 6.37. The molecule has 0 saturated carbocycles. The van der Waals surface area contributed by atoms with Gasteiger partial charge in [0.1, 0.15) is 11.4 Å². The molecule has 1 aromatic rings. The van der Waals surface area contributed by atoms with E-state index in [1.807, 2.05) is 6.92 Å². The number of fused-ring (bicyclic) bond motifs is 1. The molecule has 0 amide bonds. The van der Waals surface area contributed by atoms with Gasteiger partial charge in [0, 0.05) is 40.8 Å². The van der Waals surface area contributed by atoms with Crippen LogP contribution in [-0.2, 0) is 23.8 Å². The van der Waals surface area contributed by atoms with Crippen LogP contribution in [-0.4, -0.2) is 27.9 Å². The number of rotatable bonds is 6. The van der Waals surface area contributed by atoms with Crippen molar-refractivity contribution in [3.8, 4) is 5.75 Å². The van der Waals surface area contributed by atoms with Gasteiger partial charge in [-0.05, 0) is 32.4 Å². The maximum atomic E-state index is 11.3. The van der Waals surface area contributed by atoms with Gasteiger partial charge >= 0.3 is 0 Å². The molecule has 20 heavy (non-hydrogen) atoms. The third-order valence-electron chi connectivity index (χ3n) is 3.78. The van der Waals surface area contributed by atoms with Crippen molar-refractivity contribution < 1.29 is 8.95 Å². The van der Waals surface area contributed by atoms with E-state index in [9.17, 15) is 4.21 Å². The quantitative estimate of drug-likeness (QED) is 0.820. The van der Waals surface area contributed by atoms with E-state index >= 15 is 0 Å². The molecule has 0 spiro atoms. The van der Waals surface area contributed by atoms with Crippen molar-refractivity contribution in [1.82, 2.24) is 5.32 Å². The maximum absolute atomic E-state index is 11.3. The van der Waals surface area contributed by atoms with E-state index in [0.29, 0.717) is 0 Å². The molecule has 2 unspecified atom stereocenters. The van der Waals surface area contributed by atoms with Crippen molar-refractivity contribution >= 4 is 10.8 Å². The second-order valence-electron chi connectivity index (χ2n) is 6.22. The zero-order valence-corrected chi connectivity index (χ0v) is 13.7. The predicted molar refractivity (Wildman–Crippen MR) is 84.7 cm³/mol. The first kappa shape index (κ1) is 15.5. The van der Waals surface area contributed by atoms with Crippen LogP contribution in [0.2, 0.25) is 0 Å². The molecule has 3 nitrogen and oxygen atoms in total. The maximum Gasteiger partial charge on any atom is 0.127 e. The van der Waals surface area contributed by atoms with Crippen LogP contribution in [0.3, 0.4) is 0 Å². The van der Waals surface area contributed by atoms with Crippen LogP contribution >= 0.6 is 0 Å². The van der Waals surface area contributed by atoms with Gasteiger partial charge in [-0.3, -0.25) is 4.21 Å². The number of ether oxygens (including phenoxy) is 1. The molecule has 1 heterocycles. The summed E-state index contributed by atoms with van der Waals surface area (Å²) in [5.41, 5.74) is 2.43. The minimum absolute atomic E-state index is 0.0912. The standard InChI is InChI=1S/C16H25NO2S/c1-12(20(4)18)8-9-17-11-14-7-5-6-13-10-16(2,3)19-15(13)14/h5-7,12,17H,8-11H2,1-4H3. The summed E-state index contributed by atoms with van der Waals surface area (Å²) < 4.78 is 17.3. The molecule has 1 N–H and O–H groups in total. The predicted octanol–water partition coefficient (Wildman–Crippen LogP) is 2.65. The van der Waals surface area contributed by atoms with Gasteiger partial charge in [0.05, 0.1) is 0 Å². The normalized spacial score (nSPS) is 19.2. The fourth-order valence-corrected chi connectivity index (χ4v) is 2.96. The minimum atomic E-state index is -0.733. The largest absolute Gasteiger partial charge is 0.487 e. The van der Waals surface area contributed by atoms with E-state index in [0.717, 1.165) is 31.7 Å². The Morgan fingerprint density at radius 1 is 1.45 bits per heavy atom. The van der Waals surface area contributed by atoms with Gasteiger partial charge in [0.15, 0.2) is 0 Å². The van der Waals surface area contributed by atoms with Gasteiger partial charge in [-0.1, -0.05) is 25.1 Å². The van der Waals surface area contributed by atoms with Crippen molar-refractivity contribution in [2.45, 2.75) is 51.0 Å². The first-order valence-corrected chi connectivity index (χ1v) is 8.84. The first-order chi connectivity index (χ1) is 9.39. The number of hydrogen-bond donors (Lipinski definition) is 1. The molecular formula is C16H25NO2S. The van der Waals surface area contributed by atoms with Crippen molar-refractivity contribution in [2.75, 3.05) is 12.8 Å². The lowest BCUT2D eigenvalue weighted by Gasteiger charge is -2.18. The molecular weight excluding hydrogens is 270 g/mol. The van der Waals surface area contributed by atoms with E-state index in [1.54, 1.807) is 6.26 Å². The average Bonchev–Trinajstić information content (AvgIpc) is 2.68. The lowest BCUT2D eigenvalue weighted by molar-refractivity contribution is 0.137. The van der Waals surface area contributed by atoms with Gasteiger partial charge in [0.2, 0.25) is 0 Å². The Kier molecular flexibility index (Phi) is 4.86. The van der Waals surface area contributed by atoms with E-state index in [4.69, 9.17) is 4.74 Å². The molecule has 0 radical (unpaired) electrons. The topological polar surface area (TPSA) is 38.3 Å². The molecule has 1 aromatic carbocycles. The minimum Gasteiger partial charge on any atom is -0.487 e. The monoisotopic (exact) mass is 295 g/mol. The molecule has 1 aliphatic rings. The van der Waals surface area contributed by atoms with Gasteiger partial charge in [-0.25, -0.2) is 0 Å². The first-order valence-electron chi connectivity index (χ1n) is 7.22. The summed E-state index contributed by atoms with van der Waals surface area (Å²) in [5.74, 6) is 1.05. The zero-order valence-electron chi connectivity index (χ0n) is 12.9. The molecule has 0 bridgehead atoms. The number of benzene rings is 1. The van der Waals surface area contributed by atoms with Crippen LogP contribution in [0.5, 0.6) is 5.75 Å². The van der Waals surface area contributed by atoms with Gasteiger partial charge in [-0.15, -0.1) is 0 Å². The molecule has 112 valence electrons. The van der Waals surface area contributed by atoms with Crippen LogP contribution in [0.1, 0.15) is 38.3 Å². The smallest absolute Gasteiger partial charge is 0.127 e. The molecule has 4 heteroatoms. The van der Waals surface area contributed by atoms with Gasteiger partial charge < -0.3 is 10.1 Å². The lowest BCUT2D eigenvalue weighted by Crippen LogP contribution is -2.25. The van der Waals surface area contributed by atoms with Crippen LogP contribution in [0.4, 0.5) is 0 Å². The van der Waals surface area contributed by atoms with Crippen LogP contribution in [0.25, 0.3) is 0 Å². The van der Waals surface area contributed by atoms with Crippen molar-refractivity contribution in [3.05, 3.63) is 29.3 Å². The van der Waals surface area contributed by atoms with Gasteiger partial charge in [-0.2, -0.15) is 0 Å². The fourth-order valence-electron chi connectivity index (χ4n) is 2.51. The summed E-state index contributed by atoms with van der Waals surface area (Å²) in [4.78, 5) is 0. The third kappa shape index (κ3) is 3.83. The lowest BCUT2D eigenvalue weighted by atomic mass is 10.0. The summed E-state index contributed by atoms with van der Waals surface area (Å²) >= 11 is 0. The molecule has 0 aromatic heterocycles. The van der Waals surface area contributed by atoms with E-state index < -0.39 is 10.8 Å². The van der Waals surface area contributed by atoms with Crippen LogP contribution < -0.4 is 10.1 Å². The van der Waals surface area contributed by atoms with Crippen LogP contribution in [0, 0.1) is 0 Å². The van der Waals surface area contributed by atoms with Crippen LogP contribution in [0.15, 0.2) is 18.2 Å². The highest BCUT2D eigenvalue weighted by molar-refractivity contribution is 7.84. The second kappa shape index (κ2) is 6.27. The molecule has 2 rings (SSSR count). The summed E-state index contributed by atoms with van der Waals surface area (Å²) in [6.07, 6.45) is 3.68. The highest BCUT2D eigenvalue weighted by Crippen LogP contribution is 2.37. The molecule has 2 atom stereocenters. The Morgan fingerprint density at radius 3 is 2.90 bits per heavy atom.